The standard InChI is InChI=1S/C27H29BO5.C7H7Br/c1-26(2)27(3,4)33-28(32-26)22-15-16-23(25(29)31-19-21-13-9-6-10-14-21)24(17-22)30-18-20-11-7-5-8-12-20;8-6-7-4-2-1-3-5-7/h5-17H,18-19H2,1-4H3;1-5H,6H2. The average Bonchev–Trinajstić information content (AvgIpc) is 3.22. The first kappa shape index (κ1) is 30.6. The third-order valence-corrected chi connectivity index (χ3v) is 7.85. The Labute approximate surface area is 252 Å². The lowest BCUT2D eigenvalue weighted by Gasteiger charge is -2.32. The Bertz CT molecular complexity index is 1380. The zero-order valence-corrected chi connectivity index (χ0v) is 25.6. The summed E-state index contributed by atoms with van der Waals surface area (Å²) < 4.78 is 24.0. The summed E-state index contributed by atoms with van der Waals surface area (Å²) in [6.45, 7) is 8.55. The molecule has 7 heteroatoms. The van der Waals surface area contributed by atoms with Gasteiger partial charge in [-0.2, -0.15) is 0 Å². The average molecular weight is 615 g/mol. The molecule has 4 aromatic rings. The molecule has 0 amide bonds. The molecule has 1 aliphatic heterocycles. The lowest BCUT2D eigenvalue weighted by Crippen LogP contribution is -2.41. The number of hydrogen-bond donors (Lipinski definition) is 0. The molecule has 1 fully saturated rings. The number of halogens is 1. The van der Waals surface area contributed by atoms with Gasteiger partial charge in [0.1, 0.15) is 24.5 Å². The first-order chi connectivity index (χ1) is 19.7. The van der Waals surface area contributed by atoms with Crippen LogP contribution in [-0.4, -0.2) is 24.3 Å². The zero-order chi connectivity index (χ0) is 29.3. The van der Waals surface area contributed by atoms with Crippen LogP contribution >= 0.6 is 15.9 Å². The summed E-state index contributed by atoms with van der Waals surface area (Å²) in [4.78, 5) is 12.9. The van der Waals surface area contributed by atoms with E-state index >= 15 is 0 Å². The molecule has 212 valence electrons. The van der Waals surface area contributed by atoms with Gasteiger partial charge in [0.05, 0.1) is 11.2 Å². The summed E-state index contributed by atoms with van der Waals surface area (Å²) in [5.74, 6) is -0.00786. The van der Waals surface area contributed by atoms with E-state index in [-0.39, 0.29) is 6.61 Å². The van der Waals surface area contributed by atoms with E-state index in [9.17, 15) is 4.79 Å². The lowest BCUT2D eigenvalue weighted by molar-refractivity contribution is 0.00578. The Balaban J connectivity index is 0.000000417. The van der Waals surface area contributed by atoms with Crippen molar-refractivity contribution in [3.63, 3.8) is 0 Å². The molecule has 0 N–H and O–H groups in total. The molecule has 1 heterocycles. The third kappa shape index (κ3) is 8.32. The molecule has 0 aliphatic carbocycles. The second-order valence-corrected chi connectivity index (χ2v) is 11.4. The molecule has 0 aromatic heterocycles. The summed E-state index contributed by atoms with van der Waals surface area (Å²) >= 11 is 3.36. The van der Waals surface area contributed by atoms with E-state index in [4.69, 9.17) is 18.8 Å². The van der Waals surface area contributed by atoms with Gasteiger partial charge in [-0.25, -0.2) is 4.79 Å². The molecular weight excluding hydrogens is 579 g/mol. The van der Waals surface area contributed by atoms with Crippen molar-refractivity contribution in [3.05, 3.63) is 131 Å². The number of carbonyl (C=O) groups excluding carboxylic acids is 1. The minimum absolute atomic E-state index is 0.191. The van der Waals surface area contributed by atoms with Gasteiger partial charge in [-0.1, -0.05) is 113 Å². The van der Waals surface area contributed by atoms with E-state index in [1.807, 2.05) is 119 Å². The Morgan fingerprint density at radius 1 is 0.707 bits per heavy atom. The van der Waals surface area contributed by atoms with Gasteiger partial charge in [0.2, 0.25) is 0 Å². The first-order valence-electron chi connectivity index (χ1n) is 13.7. The van der Waals surface area contributed by atoms with Crippen molar-refractivity contribution in [3.8, 4) is 5.75 Å². The summed E-state index contributed by atoms with van der Waals surface area (Å²) in [5, 5.41) is 0.952. The highest BCUT2D eigenvalue weighted by atomic mass is 79.9. The molecular formula is C34H36BBrO5. The molecule has 1 saturated heterocycles. The normalized spacial score (nSPS) is 15.0. The van der Waals surface area contributed by atoms with Crippen LogP contribution in [0.1, 0.15) is 54.7 Å². The summed E-state index contributed by atoms with van der Waals surface area (Å²) in [7, 11) is -0.552. The van der Waals surface area contributed by atoms with Gasteiger partial charge in [0.25, 0.3) is 0 Å². The Morgan fingerprint density at radius 3 is 1.68 bits per heavy atom. The molecule has 5 rings (SSSR count). The Kier molecular flexibility index (Phi) is 10.4. The van der Waals surface area contributed by atoms with Crippen LogP contribution in [0, 0.1) is 0 Å². The highest BCUT2D eigenvalue weighted by Crippen LogP contribution is 2.37. The van der Waals surface area contributed by atoms with Crippen LogP contribution in [0.25, 0.3) is 0 Å². The fourth-order valence-electron chi connectivity index (χ4n) is 4.06. The van der Waals surface area contributed by atoms with Crippen molar-refractivity contribution < 1.29 is 23.6 Å². The zero-order valence-electron chi connectivity index (χ0n) is 24.0. The van der Waals surface area contributed by atoms with E-state index < -0.39 is 24.3 Å². The van der Waals surface area contributed by atoms with Crippen molar-refractivity contribution >= 4 is 34.5 Å². The largest absolute Gasteiger partial charge is 0.494 e. The van der Waals surface area contributed by atoms with Gasteiger partial charge in [-0.3, -0.25) is 0 Å². The molecule has 0 spiro atoms. The number of hydrogen-bond acceptors (Lipinski definition) is 5. The summed E-state index contributed by atoms with van der Waals surface area (Å²) in [5.41, 5.74) is 3.48. The number of esters is 1. The van der Waals surface area contributed by atoms with Gasteiger partial charge in [-0.15, -0.1) is 0 Å². The summed E-state index contributed by atoms with van der Waals surface area (Å²) in [6, 6.07) is 35.0. The van der Waals surface area contributed by atoms with Gasteiger partial charge < -0.3 is 18.8 Å². The van der Waals surface area contributed by atoms with Gasteiger partial charge in [-0.05, 0) is 62.0 Å². The van der Waals surface area contributed by atoms with Crippen LogP contribution in [0.4, 0.5) is 0 Å². The van der Waals surface area contributed by atoms with Crippen molar-refractivity contribution in [1.82, 2.24) is 0 Å². The van der Waals surface area contributed by atoms with Gasteiger partial charge in [0, 0.05) is 5.33 Å². The van der Waals surface area contributed by atoms with Crippen molar-refractivity contribution in [1.29, 1.82) is 0 Å². The van der Waals surface area contributed by atoms with Crippen LogP contribution in [-0.2, 0) is 32.6 Å². The molecule has 41 heavy (non-hydrogen) atoms. The van der Waals surface area contributed by atoms with Crippen molar-refractivity contribution in [2.75, 3.05) is 0 Å². The first-order valence-corrected chi connectivity index (χ1v) is 14.8. The maximum atomic E-state index is 12.9. The Hall–Kier alpha value is -3.39. The highest BCUT2D eigenvalue weighted by molar-refractivity contribution is 9.08. The number of alkyl halides is 1. The monoisotopic (exact) mass is 614 g/mol. The van der Waals surface area contributed by atoms with Crippen LogP contribution in [0.3, 0.4) is 0 Å². The van der Waals surface area contributed by atoms with E-state index in [0.29, 0.717) is 17.9 Å². The molecule has 5 nitrogen and oxygen atoms in total. The molecule has 0 radical (unpaired) electrons. The molecule has 0 unspecified atom stereocenters. The van der Waals surface area contributed by atoms with Crippen molar-refractivity contribution in [2.24, 2.45) is 0 Å². The van der Waals surface area contributed by atoms with Crippen molar-refractivity contribution in [2.45, 2.75) is 57.4 Å². The lowest BCUT2D eigenvalue weighted by atomic mass is 9.78. The highest BCUT2D eigenvalue weighted by Gasteiger charge is 2.51. The quantitative estimate of drug-likeness (QED) is 0.117. The Morgan fingerprint density at radius 2 is 1.20 bits per heavy atom. The van der Waals surface area contributed by atoms with Crippen LogP contribution in [0.2, 0.25) is 0 Å². The SMILES string of the molecule is BrCc1ccccc1.CC1(C)OB(c2ccc(C(=O)OCc3ccccc3)c(OCc3ccccc3)c2)OC1(C)C. The van der Waals surface area contributed by atoms with Crippen LogP contribution in [0.5, 0.6) is 5.75 Å². The minimum atomic E-state index is -0.552. The van der Waals surface area contributed by atoms with Crippen LogP contribution < -0.4 is 10.2 Å². The number of benzene rings is 4. The summed E-state index contributed by atoms with van der Waals surface area (Å²) in [6.07, 6.45) is 0. The predicted octanol–water partition coefficient (Wildman–Crippen LogP) is 7.50. The fraction of sp³-hybridized carbons (Fsp3) is 0.265. The fourth-order valence-corrected chi connectivity index (χ4v) is 4.43. The molecule has 0 saturated carbocycles. The smallest absolute Gasteiger partial charge is 0.488 e. The van der Waals surface area contributed by atoms with E-state index in [0.717, 1.165) is 21.9 Å². The number of ether oxygens (including phenoxy) is 2. The molecule has 4 aromatic carbocycles. The molecule has 0 atom stereocenters. The third-order valence-electron chi connectivity index (χ3n) is 7.20. The topological polar surface area (TPSA) is 54.0 Å². The minimum Gasteiger partial charge on any atom is -0.488 e. The molecule has 1 aliphatic rings. The number of rotatable bonds is 8. The van der Waals surface area contributed by atoms with Crippen LogP contribution in [0.15, 0.2) is 109 Å². The molecule has 0 bridgehead atoms. The second kappa shape index (κ2) is 14.0. The maximum Gasteiger partial charge on any atom is 0.494 e. The van der Waals surface area contributed by atoms with E-state index in [2.05, 4.69) is 28.1 Å². The second-order valence-electron chi connectivity index (χ2n) is 10.8. The maximum absolute atomic E-state index is 12.9. The van der Waals surface area contributed by atoms with E-state index in [1.54, 1.807) is 6.07 Å². The van der Waals surface area contributed by atoms with E-state index in [1.165, 1.54) is 5.56 Å². The number of carbonyl (C=O) groups is 1. The van der Waals surface area contributed by atoms with Gasteiger partial charge in [0.15, 0.2) is 0 Å². The predicted molar refractivity (Wildman–Crippen MR) is 168 cm³/mol. The van der Waals surface area contributed by atoms with Gasteiger partial charge >= 0.3 is 13.1 Å².